The van der Waals surface area contributed by atoms with Crippen LogP contribution in [0.15, 0.2) is 24.3 Å². The average molecular weight is 301 g/mol. The van der Waals surface area contributed by atoms with Gasteiger partial charge in [0.2, 0.25) is 5.91 Å². The normalized spacial score (nSPS) is 20.6. The molecule has 0 atom stereocenters. The van der Waals surface area contributed by atoms with Crippen LogP contribution >= 0.6 is 0 Å². The highest BCUT2D eigenvalue weighted by Gasteiger charge is 2.28. The van der Waals surface area contributed by atoms with Crippen LogP contribution in [0, 0.1) is 6.92 Å². The first kappa shape index (κ1) is 15.5. The van der Waals surface area contributed by atoms with Gasteiger partial charge >= 0.3 is 0 Å². The largest absolute Gasteiger partial charge is 0.351 e. The molecule has 2 fully saturated rings. The Morgan fingerprint density at radius 2 is 1.82 bits per heavy atom. The number of piperazine rings is 1. The van der Waals surface area contributed by atoms with E-state index in [4.69, 9.17) is 0 Å². The lowest BCUT2D eigenvalue weighted by Crippen LogP contribution is -2.53. The van der Waals surface area contributed by atoms with Crippen molar-refractivity contribution in [2.45, 2.75) is 38.8 Å². The Morgan fingerprint density at radius 3 is 2.41 bits per heavy atom. The van der Waals surface area contributed by atoms with Crippen LogP contribution in [-0.4, -0.2) is 54.5 Å². The topological polar surface area (TPSA) is 35.6 Å². The fourth-order valence-electron chi connectivity index (χ4n) is 3.20. The molecule has 4 nitrogen and oxygen atoms in total. The molecule has 1 N–H and O–H groups in total. The van der Waals surface area contributed by atoms with Crippen molar-refractivity contribution in [3.05, 3.63) is 35.4 Å². The van der Waals surface area contributed by atoms with E-state index in [-0.39, 0.29) is 5.91 Å². The summed E-state index contributed by atoms with van der Waals surface area (Å²) in [6.07, 6.45) is 4.14. The first-order valence-electron chi connectivity index (χ1n) is 8.49. The third-order valence-corrected chi connectivity index (χ3v) is 4.98. The maximum atomic E-state index is 12.1. The van der Waals surface area contributed by atoms with E-state index in [0.717, 1.165) is 37.8 Å². The summed E-state index contributed by atoms with van der Waals surface area (Å²) in [4.78, 5) is 16.9. The van der Waals surface area contributed by atoms with E-state index >= 15 is 0 Å². The first-order chi connectivity index (χ1) is 10.7. The summed E-state index contributed by atoms with van der Waals surface area (Å²) in [6, 6.07) is 9.15. The van der Waals surface area contributed by atoms with Crippen molar-refractivity contribution in [1.82, 2.24) is 15.1 Å². The van der Waals surface area contributed by atoms with Crippen LogP contribution in [0.2, 0.25) is 0 Å². The Balaban J connectivity index is 1.36. The number of hydrogen-bond acceptors (Lipinski definition) is 3. The van der Waals surface area contributed by atoms with Crippen molar-refractivity contribution >= 4 is 5.91 Å². The maximum Gasteiger partial charge on any atom is 0.234 e. The minimum atomic E-state index is 0.137. The molecule has 3 rings (SSSR count). The standard InChI is InChI=1S/C18H27N3O/c1-15-5-7-16(8-6-15)13-19-18(22)14-20-9-11-21(12-10-20)17-3-2-4-17/h5-8,17H,2-4,9-14H2,1H3,(H,19,22). The van der Waals surface area contributed by atoms with E-state index in [1.54, 1.807) is 0 Å². The van der Waals surface area contributed by atoms with Crippen LogP contribution in [0.25, 0.3) is 0 Å². The van der Waals surface area contributed by atoms with Crippen LogP contribution in [0.5, 0.6) is 0 Å². The SMILES string of the molecule is Cc1ccc(CNC(=O)CN2CCN(C3CCC3)CC2)cc1. The van der Waals surface area contributed by atoms with Gasteiger partial charge in [-0.3, -0.25) is 14.6 Å². The molecule has 1 aliphatic heterocycles. The smallest absolute Gasteiger partial charge is 0.234 e. The van der Waals surface area contributed by atoms with E-state index in [1.165, 1.54) is 24.8 Å². The lowest BCUT2D eigenvalue weighted by atomic mass is 9.91. The molecule has 1 saturated heterocycles. The van der Waals surface area contributed by atoms with Gasteiger partial charge in [-0.25, -0.2) is 0 Å². The van der Waals surface area contributed by atoms with Crippen molar-refractivity contribution in [2.75, 3.05) is 32.7 Å². The molecule has 0 radical (unpaired) electrons. The summed E-state index contributed by atoms with van der Waals surface area (Å²) >= 11 is 0. The predicted octanol–water partition coefficient (Wildman–Crippen LogP) is 1.78. The highest BCUT2D eigenvalue weighted by molar-refractivity contribution is 5.78. The molecule has 0 bridgehead atoms. The summed E-state index contributed by atoms with van der Waals surface area (Å²) in [5.41, 5.74) is 2.41. The van der Waals surface area contributed by atoms with Crippen molar-refractivity contribution in [2.24, 2.45) is 0 Å². The van der Waals surface area contributed by atoms with E-state index in [9.17, 15) is 4.79 Å². The lowest BCUT2D eigenvalue weighted by Gasteiger charge is -2.42. The van der Waals surface area contributed by atoms with Crippen molar-refractivity contribution in [1.29, 1.82) is 0 Å². The molecule has 4 heteroatoms. The molecule has 0 unspecified atom stereocenters. The number of benzene rings is 1. The van der Waals surface area contributed by atoms with Gasteiger partial charge in [0.1, 0.15) is 0 Å². The van der Waals surface area contributed by atoms with Crippen LogP contribution in [0.4, 0.5) is 0 Å². The van der Waals surface area contributed by atoms with Crippen molar-refractivity contribution in [3.8, 4) is 0 Å². The highest BCUT2D eigenvalue weighted by Crippen LogP contribution is 2.25. The number of carbonyl (C=O) groups is 1. The Morgan fingerprint density at radius 1 is 1.14 bits per heavy atom. The number of hydrogen-bond donors (Lipinski definition) is 1. The summed E-state index contributed by atoms with van der Waals surface area (Å²) in [5.74, 6) is 0.137. The Bertz CT molecular complexity index is 488. The molecule has 0 aromatic heterocycles. The summed E-state index contributed by atoms with van der Waals surface area (Å²) < 4.78 is 0. The molecule has 1 saturated carbocycles. The van der Waals surface area contributed by atoms with Gasteiger partial charge in [-0.05, 0) is 25.3 Å². The first-order valence-corrected chi connectivity index (χ1v) is 8.49. The zero-order valence-electron chi connectivity index (χ0n) is 13.6. The number of amides is 1. The minimum absolute atomic E-state index is 0.137. The third-order valence-electron chi connectivity index (χ3n) is 4.98. The summed E-state index contributed by atoms with van der Waals surface area (Å²) in [6.45, 7) is 7.52. The molecule has 1 amide bonds. The molecule has 1 aliphatic carbocycles. The molecular formula is C18H27N3O. The number of nitrogens with one attached hydrogen (secondary N) is 1. The molecular weight excluding hydrogens is 274 g/mol. The van der Waals surface area contributed by atoms with E-state index in [0.29, 0.717) is 13.1 Å². The van der Waals surface area contributed by atoms with Gasteiger partial charge in [0, 0.05) is 38.8 Å². The third kappa shape index (κ3) is 4.08. The quantitative estimate of drug-likeness (QED) is 0.900. The van der Waals surface area contributed by atoms with Gasteiger partial charge in [-0.1, -0.05) is 36.2 Å². The molecule has 22 heavy (non-hydrogen) atoms. The Hall–Kier alpha value is -1.39. The maximum absolute atomic E-state index is 12.1. The second-order valence-electron chi connectivity index (χ2n) is 6.66. The van der Waals surface area contributed by atoms with Crippen LogP contribution in [-0.2, 0) is 11.3 Å². The predicted molar refractivity (Wildman–Crippen MR) is 88.7 cm³/mol. The minimum Gasteiger partial charge on any atom is -0.351 e. The van der Waals surface area contributed by atoms with Gasteiger partial charge in [0.05, 0.1) is 6.54 Å². The fraction of sp³-hybridized carbons (Fsp3) is 0.611. The number of rotatable bonds is 5. The second kappa shape index (κ2) is 7.25. The van der Waals surface area contributed by atoms with E-state index in [2.05, 4.69) is 46.3 Å². The molecule has 120 valence electrons. The molecule has 1 heterocycles. The van der Waals surface area contributed by atoms with E-state index in [1.807, 2.05) is 0 Å². The molecule has 2 aliphatic rings. The average Bonchev–Trinajstić information content (AvgIpc) is 2.47. The number of carbonyl (C=O) groups excluding carboxylic acids is 1. The summed E-state index contributed by atoms with van der Waals surface area (Å²) in [7, 11) is 0. The molecule has 1 aromatic carbocycles. The van der Waals surface area contributed by atoms with E-state index < -0.39 is 0 Å². The van der Waals surface area contributed by atoms with Crippen molar-refractivity contribution in [3.63, 3.8) is 0 Å². The van der Waals surface area contributed by atoms with Gasteiger partial charge < -0.3 is 5.32 Å². The Kier molecular flexibility index (Phi) is 5.11. The lowest BCUT2D eigenvalue weighted by molar-refractivity contribution is -0.123. The Labute approximate surface area is 133 Å². The zero-order chi connectivity index (χ0) is 15.4. The van der Waals surface area contributed by atoms with Crippen LogP contribution < -0.4 is 5.32 Å². The van der Waals surface area contributed by atoms with Crippen molar-refractivity contribution < 1.29 is 4.79 Å². The highest BCUT2D eigenvalue weighted by atomic mass is 16.2. The fourth-order valence-corrected chi connectivity index (χ4v) is 3.20. The monoisotopic (exact) mass is 301 g/mol. The van der Waals surface area contributed by atoms with Gasteiger partial charge in [-0.2, -0.15) is 0 Å². The van der Waals surface area contributed by atoms with Crippen LogP contribution in [0.3, 0.4) is 0 Å². The summed E-state index contributed by atoms with van der Waals surface area (Å²) in [5, 5.41) is 3.03. The van der Waals surface area contributed by atoms with Gasteiger partial charge in [-0.15, -0.1) is 0 Å². The van der Waals surface area contributed by atoms with Crippen LogP contribution in [0.1, 0.15) is 30.4 Å². The number of aryl methyl sites for hydroxylation is 1. The zero-order valence-corrected chi connectivity index (χ0v) is 13.6. The van der Waals surface area contributed by atoms with Gasteiger partial charge in [0.15, 0.2) is 0 Å². The molecule has 0 spiro atoms. The molecule has 1 aromatic rings. The number of nitrogens with zero attached hydrogens (tertiary/aromatic N) is 2. The second-order valence-corrected chi connectivity index (χ2v) is 6.66. The van der Waals surface area contributed by atoms with Gasteiger partial charge in [0.25, 0.3) is 0 Å².